The summed E-state index contributed by atoms with van der Waals surface area (Å²) in [6, 6.07) is 10.6. The number of rotatable bonds is 12. The molecule has 0 spiro atoms. The summed E-state index contributed by atoms with van der Waals surface area (Å²) >= 11 is 6.21. The number of carbonyl (C=O) groups is 2. The molecule has 0 aliphatic carbocycles. The van der Waals surface area contributed by atoms with Crippen molar-refractivity contribution in [1.82, 2.24) is 10.2 Å². The summed E-state index contributed by atoms with van der Waals surface area (Å²) in [5.74, 6) is 0.0819. The molecule has 2 atom stereocenters. The summed E-state index contributed by atoms with van der Waals surface area (Å²) in [6.45, 7) is 4.99. The molecule has 1 N–H and O–H groups in total. The van der Waals surface area contributed by atoms with E-state index in [0.29, 0.717) is 11.5 Å². The third-order valence-corrected chi connectivity index (χ3v) is 7.19. The average molecular weight is 540 g/mol. The molecule has 0 bridgehead atoms. The number of amides is 2. The van der Waals surface area contributed by atoms with Crippen molar-refractivity contribution in [2.45, 2.75) is 45.8 Å². The maximum atomic E-state index is 13.6. The van der Waals surface area contributed by atoms with E-state index < -0.39 is 28.5 Å². The Labute approximate surface area is 218 Å². The molecule has 2 aromatic carbocycles. The minimum absolute atomic E-state index is 0.0755. The number of hydrogen-bond donors (Lipinski definition) is 1. The second kappa shape index (κ2) is 12.8. The molecule has 0 aliphatic heterocycles. The lowest BCUT2D eigenvalue weighted by atomic mass is 10.1. The van der Waals surface area contributed by atoms with Crippen LogP contribution in [0.2, 0.25) is 5.02 Å². The molecule has 36 heavy (non-hydrogen) atoms. The summed E-state index contributed by atoms with van der Waals surface area (Å²) in [6.07, 6.45) is 1.73. The number of nitrogens with zero attached hydrogens (tertiary/aromatic N) is 2. The number of halogens is 1. The Balaban J connectivity index is 2.43. The summed E-state index contributed by atoms with van der Waals surface area (Å²) < 4.78 is 36.7. The molecule has 2 aromatic rings. The standard InChI is InChI=1S/C25H34ClN3O6S/c1-7-17(2)27-25(31)18(3)28(15-19-9-8-10-21(13-19)34-4)24(30)16-29(36(6,32)33)20-11-12-23(35-5)22(26)14-20/h8-14,17-18H,7,15-16H2,1-6H3,(H,27,31)/t17-,18+/m1/s1. The van der Waals surface area contributed by atoms with Crippen LogP contribution in [0, 0.1) is 0 Å². The van der Waals surface area contributed by atoms with Crippen LogP contribution in [0.5, 0.6) is 11.5 Å². The Kier molecular flexibility index (Phi) is 10.4. The molecule has 0 saturated heterocycles. The van der Waals surface area contributed by atoms with Gasteiger partial charge in [0.15, 0.2) is 0 Å². The Bertz CT molecular complexity index is 1170. The van der Waals surface area contributed by atoms with Gasteiger partial charge in [0.05, 0.1) is 31.2 Å². The highest BCUT2D eigenvalue weighted by atomic mass is 35.5. The van der Waals surface area contributed by atoms with Gasteiger partial charge in [0, 0.05) is 12.6 Å². The third-order valence-electron chi connectivity index (χ3n) is 5.76. The Morgan fingerprint density at radius 1 is 1.08 bits per heavy atom. The number of nitrogens with one attached hydrogen (secondary N) is 1. The maximum absolute atomic E-state index is 13.6. The Hall–Kier alpha value is -2.98. The number of carbonyl (C=O) groups excluding carboxylic acids is 2. The van der Waals surface area contributed by atoms with E-state index in [9.17, 15) is 18.0 Å². The summed E-state index contributed by atoms with van der Waals surface area (Å²) in [7, 11) is -0.888. The number of ether oxygens (including phenoxy) is 2. The molecule has 0 heterocycles. The number of anilines is 1. The number of benzene rings is 2. The molecule has 0 aromatic heterocycles. The lowest BCUT2D eigenvalue weighted by Crippen LogP contribution is -2.52. The van der Waals surface area contributed by atoms with Crippen molar-refractivity contribution in [3.63, 3.8) is 0 Å². The van der Waals surface area contributed by atoms with E-state index in [1.54, 1.807) is 31.2 Å². The van der Waals surface area contributed by atoms with Crippen molar-refractivity contribution in [1.29, 1.82) is 0 Å². The molecule has 0 unspecified atom stereocenters. The Morgan fingerprint density at radius 3 is 2.33 bits per heavy atom. The predicted octanol–water partition coefficient (Wildman–Crippen LogP) is 3.46. The minimum Gasteiger partial charge on any atom is -0.497 e. The van der Waals surface area contributed by atoms with Crippen molar-refractivity contribution in [2.24, 2.45) is 0 Å². The first-order valence-corrected chi connectivity index (χ1v) is 13.7. The smallest absolute Gasteiger partial charge is 0.244 e. The van der Waals surface area contributed by atoms with Gasteiger partial charge in [0.25, 0.3) is 0 Å². The van der Waals surface area contributed by atoms with Gasteiger partial charge in [-0.3, -0.25) is 13.9 Å². The van der Waals surface area contributed by atoms with E-state index in [-0.39, 0.29) is 29.2 Å². The van der Waals surface area contributed by atoms with Crippen LogP contribution < -0.4 is 19.1 Å². The number of sulfonamides is 1. The zero-order chi connectivity index (χ0) is 27.0. The predicted molar refractivity (Wildman–Crippen MR) is 141 cm³/mol. The second-order valence-electron chi connectivity index (χ2n) is 8.46. The van der Waals surface area contributed by atoms with Crippen LogP contribution in [0.1, 0.15) is 32.8 Å². The third kappa shape index (κ3) is 7.76. The highest BCUT2D eigenvalue weighted by molar-refractivity contribution is 7.92. The first-order valence-electron chi connectivity index (χ1n) is 11.4. The van der Waals surface area contributed by atoms with Gasteiger partial charge in [-0.05, 0) is 56.2 Å². The zero-order valence-corrected chi connectivity index (χ0v) is 23.0. The SMILES string of the molecule is CC[C@@H](C)NC(=O)[C@H](C)N(Cc1cccc(OC)c1)C(=O)CN(c1ccc(OC)c(Cl)c1)S(C)(=O)=O. The molecule has 0 aliphatic rings. The van der Waals surface area contributed by atoms with Gasteiger partial charge in [-0.2, -0.15) is 0 Å². The minimum atomic E-state index is -3.87. The van der Waals surface area contributed by atoms with Crippen molar-refractivity contribution >= 4 is 39.1 Å². The van der Waals surface area contributed by atoms with Gasteiger partial charge in [-0.25, -0.2) is 8.42 Å². The summed E-state index contributed by atoms with van der Waals surface area (Å²) in [4.78, 5) is 27.9. The van der Waals surface area contributed by atoms with Crippen molar-refractivity contribution < 1.29 is 27.5 Å². The molecule has 0 fully saturated rings. The van der Waals surface area contributed by atoms with Gasteiger partial charge >= 0.3 is 0 Å². The molecular formula is C25H34ClN3O6S. The van der Waals surface area contributed by atoms with Crippen LogP contribution in [0.4, 0.5) is 5.69 Å². The van der Waals surface area contributed by atoms with Crippen LogP contribution in [0.3, 0.4) is 0 Å². The second-order valence-corrected chi connectivity index (χ2v) is 10.8. The van der Waals surface area contributed by atoms with E-state index in [2.05, 4.69) is 5.32 Å². The van der Waals surface area contributed by atoms with E-state index >= 15 is 0 Å². The molecule has 2 rings (SSSR count). The molecule has 0 radical (unpaired) electrons. The first kappa shape index (κ1) is 29.3. The highest BCUT2D eigenvalue weighted by Crippen LogP contribution is 2.30. The van der Waals surface area contributed by atoms with Crippen molar-refractivity contribution in [2.75, 3.05) is 31.3 Å². The van der Waals surface area contributed by atoms with Gasteiger partial charge < -0.3 is 19.7 Å². The van der Waals surface area contributed by atoms with E-state index in [1.165, 1.54) is 37.3 Å². The lowest BCUT2D eigenvalue weighted by Gasteiger charge is -2.32. The van der Waals surface area contributed by atoms with Gasteiger partial charge in [0.2, 0.25) is 21.8 Å². The fourth-order valence-corrected chi connectivity index (χ4v) is 4.53. The summed E-state index contributed by atoms with van der Waals surface area (Å²) in [5, 5.41) is 3.09. The lowest BCUT2D eigenvalue weighted by molar-refractivity contribution is -0.139. The van der Waals surface area contributed by atoms with Crippen LogP contribution in [-0.2, 0) is 26.2 Å². The van der Waals surface area contributed by atoms with Crippen LogP contribution in [0.25, 0.3) is 0 Å². The van der Waals surface area contributed by atoms with E-state index in [4.69, 9.17) is 21.1 Å². The zero-order valence-electron chi connectivity index (χ0n) is 21.4. The van der Waals surface area contributed by atoms with Gasteiger partial charge in [0.1, 0.15) is 24.1 Å². The monoisotopic (exact) mass is 539 g/mol. The van der Waals surface area contributed by atoms with Crippen LogP contribution >= 0.6 is 11.6 Å². The first-order chi connectivity index (χ1) is 16.9. The number of hydrogen-bond acceptors (Lipinski definition) is 6. The summed E-state index contributed by atoms with van der Waals surface area (Å²) in [5.41, 5.74) is 0.930. The fraction of sp³-hybridized carbons (Fsp3) is 0.440. The molecule has 0 saturated carbocycles. The normalized spacial score (nSPS) is 12.9. The van der Waals surface area contributed by atoms with Crippen molar-refractivity contribution in [3.8, 4) is 11.5 Å². The Morgan fingerprint density at radius 2 is 1.78 bits per heavy atom. The number of methoxy groups -OCH3 is 2. The fourth-order valence-electron chi connectivity index (χ4n) is 3.44. The molecule has 198 valence electrons. The van der Waals surface area contributed by atoms with Crippen LogP contribution in [-0.4, -0.2) is 64.2 Å². The van der Waals surface area contributed by atoms with Crippen LogP contribution in [0.15, 0.2) is 42.5 Å². The quantitative estimate of drug-likeness (QED) is 0.443. The molecule has 2 amide bonds. The van der Waals surface area contributed by atoms with E-state index in [1.807, 2.05) is 13.8 Å². The topological polar surface area (TPSA) is 105 Å². The van der Waals surface area contributed by atoms with Gasteiger partial charge in [-0.1, -0.05) is 30.7 Å². The van der Waals surface area contributed by atoms with Crippen molar-refractivity contribution in [3.05, 3.63) is 53.1 Å². The molecule has 11 heteroatoms. The average Bonchev–Trinajstić information content (AvgIpc) is 2.84. The van der Waals surface area contributed by atoms with E-state index in [0.717, 1.165) is 22.5 Å². The highest BCUT2D eigenvalue weighted by Gasteiger charge is 2.30. The van der Waals surface area contributed by atoms with Gasteiger partial charge in [-0.15, -0.1) is 0 Å². The molecular weight excluding hydrogens is 506 g/mol. The molecule has 9 nitrogen and oxygen atoms in total. The maximum Gasteiger partial charge on any atom is 0.244 e. The largest absolute Gasteiger partial charge is 0.497 e.